The Kier molecular flexibility index (Phi) is 4.84. The fourth-order valence-corrected chi connectivity index (χ4v) is 3.10. The highest BCUT2D eigenvalue weighted by Crippen LogP contribution is 2.27. The van der Waals surface area contributed by atoms with Crippen LogP contribution in [-0.2, 0) is 0 Å². The minimum atomic E-state index is -0.615. The number of anilines is 1. The topological polar surface area (TPSA) is 24.4 Å². The average Bonchev–Trinajstić information content (AvgIpc) is 2.36. The third kappa shape index (κ3) is 3.69. The number of hydrogen-bond acceptors (Lipinski definition) is 3. The molecule has 1 aromatic carbocycles. The van der Waals surface area contributed by atoms with Crippen molar-refractivity contribution >= 4 is 38.5 Å². The second-order valence-electron chi connectivity index (χ2n) is 4.75. The highest BCUT2D eigenvalue weighted by molar-refractivity contribution is 9.10. The van der Waals surface area contributed by atoms with E-state index in [2.05, 4.69) is 40.1 Å². The molecule has 0 bridgehead atoms. The monoisotopic (exact) mass is 348 g/mol. The summed E-state index contributed by atoms with van der Waals surface area (Å²) >= 11 is 4.61. The van der Waals surface area contributed by atoms with Gasteiger partial charge in [-0.3, -0.25) is 4.99 Å². The van der Waals surface area contributed by atoms with Crippen molar-refractivity contribution < 1.29 is 8.78 Å². The first kappa shape index (κ1) is 14.8. The molecule has 1 unspecified atom stereocenters. The number of aliphatic imine (C=N–C) groups is 1. The number of amidine groups is 1. The summed E-state index contributed by atoms with van der Waals surface area (Å²) in [5.41, 5.74) is 0.240. The fourth-order valence-electron chi connectivity index (χ4n) is 1.81. The zero-order valence-corrected chi connectivity index (χ0v) is 13.1. The summed E-state index contributed by atoms with van der Waals surface area (Å²) in [4.78, 5) is 4.56. The van der Waals surface area contributed by atoms with Crippen LogP contribution in [-0.4, -0.2) is 17.0 Å². The Hall–Kier alpha value is -0.620. The zero-order chi connectivity index (χ0) is 14.0. The molecular formula is C13H15BrF2N2S. The number of nitrogens with one attached hydrogen (secondary N) is 1. The summed E-state index contributed by atoms with van der Waals surface area (Å²) in [7, 11) is 0. The Balaban J connectivity index is 2.19. The molecule has 0 saturated carbocycles. The Morgan fingerprint density at radius 3 is 2.79 bits per heavy atom. The van der Waals surface area contributed by atoms with E-state index < -0.39 is 11.6 Å². The Labute approximate surface area is 124 Å². The molecule has 1 aliphatic rings. The molecule has 2 nitrogen and oxygen atoms in total. The van der Waals surface area contributed by atoms with Gasteiger partial charge in [0.15, 0.2) is 5.17 Å². The van der Waals surface area contributed by atoms with E-state index >= 15 is 0 Å². The highest BCUT2D eigenvalue weighted by atomic mass is 79.9. The van der Waals surface area contributed by atoms with Gasteiger partial charge >= 0.3 is 0 Å². The molecule has 0 saturated heterocycles. The Morgan fingerprint density at radius 2 is 2.11 bits per heavy atom. The average molecular weight is 349 g/mol. The van der Waals surface area contributed by atoms with Crippen LogP contribution < -0.4 is 5.32 Å². The van der Waals surface area contributed by atoms with Crippen molar-refractivity contribution in [2.24, 2.45) is 10.9 Å². The minimum absolute atomic E-state index is 0.234. The molecule has 6 heteroatoms. The van der Waals surface area contributed by atoms with Crippen molar-refractivity contribution in [1.82, 2.24) is 0 Å². The van der Waals surface area contributed by atoms with Crippen molar-refractivity contribution in [2.75, 3.05) is 11.1 Å². The molecule has 104 valence electrons. The molecule has 19 heavy (non-hydrogen) atoms. The maximum absolute atomic E-state index is 13.7. The van der Waals surface area contributed by atoms with Crippen LogP contribution in [0.25, 0.3) is 0 Å². The number of nitrogens with zero attached hydrogens (tertiary/aromatic N) is 1. The molecule has 2 rings (SSSR count). The number of thioether (sulfide) groups is 1. The van der Waals surface area contributed by atoms with Crippen LogP contribution in [0.15, 0.2) is 21.6 Å². The standard InChI is InChI=1S/C13H15BrF2N2S/c1-7(2)11-3-4-19-13(17-11)18-12-5-8(14)9(15)6-10(12)16/h5-7,11H,3-4H2,1-2H3,(H,17,18). The van der Waals surface area contributed by atoms with Crippen LogP contribution in [0.4, 0.5) is 14.5 Å². The van der Waals surface area contributed by atoms with E-state index in [1.165, 1.54) is 6.07 Å². The van der Waals surface area contributed by atoms with Gasteiger partial charge in [0.25, 0.3) is 0 Å². The maximum atomic E-state index is 13.7. The van der Waals surface area contributed by atoms with E-state index in [-0.39, 0.29) is 16.2 Å². The smallest absolute Gasteiger partial charge is 0.161 e. The predicted octanol–water partition coefficient (Wildman–Crippen LogP) is 4.66. The lowest BCUT2D eigenvalue weighted by Crippen LogP contribution is -2.24. The SMILES string of the molecule is CC(C)C1CCSC(Nc2cc(Br)c(F)cc2F)=N1. The van der Waals surface area contributed by atoms with E-state index in [9.17, 15) is 8.78 Å². The first-order chi connectivity index (χ1) is 8.97. The van der Waals surface area contributed by atoms with Crippen LogP contribution in [0.3, 0.4) is 0 Å². The van der Waals surface area contributed by atoms with Crippen molar-refractivity contribution in [1.29, 1.82) is 0 Å². The minimum Gasteiger partial charge on any atom is -0.333 e. The van der Waals surface area contributed by atoms with E-state index in [0.717, 1.165) is 18.2 Å². The first-order valence-electron chi connectivity index (χ1n) is 6.09. The van der Waals surface area contributed by atoms with Gasteiger partial charge < -0.3 is 5.32 Å². The highest BCUT2D eigenvalue weighted by Gasteiger charge is 2.19. The second-order valence-corrected chi connectivity index (χ2v) is 6.69. The Bertz CT molecular complexity index is 506. The fraction of sp³-hybridized carbons (Fsp3) is 0.462. The van der Waals surface area contributed by atoms with Crippen LogP contribution in [0.1, 0.15) is 20.3 Å². The van der Waals surface area contributed by atoms with E-state index in [4.69, 9.17) is 0 Å². The quantitative estimate of drug-likeness (QED) is 0.786. The predicted molar refractivity (Wildman–Crippen MR) is 80.8 cm³/mol. The van der Waals surface area contributed by atoms with Crippen LogP contribution in [0.5, 0.6) is 0 Å². The normalized spacial score (nSPS) is 19.5. The number of hydrogen-bond donors (Lipinski definition) is 1. The van der Waals surface area contributed by atoms with Gasteiger partial charge in [-0.05, 0) is 34.3 Å². The zero-order valence-electron chi connectivity index (χ0n) is 10.7. The summed E-state index contributed by atoms with van der Waals surface area (Å²) in [6.45, 7) is 4.24. The molecule has 0 aliphatic carbocycles. The molecule has 1 N–H and O–H groups in total. The van der Waals surface area contributed by atoms with Crippen molar-refractivity contribution in [2.45, 2.75) is 26.3 Å². The molecule has 0 amide bonds. The molecule has 1 aliphatic heterocycles. The molecule has 0 spiro atoms. The summed E-state index contributed by atoms with van der Waals surface area (Å²) in [6.07, 6.45) is 1.03. The van der Waals surface area contributed by atoms with Gasteiger partial charge in [0.05, 0.1) is 16.2 Å². The van der Waals surface area contributed by atoms with Gasteiger partial charge in [-0.15, -0.1) is 0 Å². The molecule has 0 fully saturated rings. The second kappa shape index (κ2) is 6.22. The van der Waals surface area contributed by atoms with Crippen molar-refractivity contribution in [3.63, 3.8) is 0 Å². The van der Waals surface area contributed by atoms with Crippen LogP contribution in [0.2, 0.25) is 0 Å². The van der Waals surface area contributed by atoms with E-state index in [0.29, 0.717) is 11.1 Å². The van der Waals surface area contributed by atoms with E-state index in [1.807, 2.05) is 0 Å². The lowest BCUT2D eigenvalue weighted by molar-refractivity contribution is 0.485. The summed E-state index contributed by atoms with van der Waals surface area (Å²) in [6, 6.07) is 2.52. The molecule has 0 aromatic heterocycles. The number of halogens is 3. The van der Waals surface area contributed by atoms with Gasteiger partial charge in [-0.25, -0.2) is 8.78 Å². The summed E-state index contributed by atoms with van der Waals surface area (Å²) in [5, 5.41) is 3.64. The summed E-state index contributed by atoms with van der Waals surface area (Å²) in [5.74, 6) is 0.193. The number of benzene rings is 1. The largest absolute Gasteiger partial charge is 0.333 e. The van der Waals surface area contributed by atoms with Gasteiger partial charge in [0, 0.05) is 11.8 Å². The van der Waals surface area contributed by atoms with Gasteiger partial charge in [0.2, 0.25) is 0 Å². The first-order valence-corrected chi connectivity index (χ1v) is 7.87. The van der Waals surface area contributed by atoms with Crippen molar-refractivity contribution in [3.8, 4) is 0 Å². The maximum Gasteiger partial charge on any atom is 0.161 e. The molecule has 1 heterocycles. The summed E-state index contributed by atoms with van der Waals surface area (Å²) < 4.78 is 27.0. The van der Waals surface area contributed by atoms with Crippen LogP contribution >= 0.6 is 27.7 Å². The van der Waals surface area contributed by atoms with Gasteiger partial charge in [-0.2, -0.15) is 0 Å². The molecule has 0 radical (unpaired) electrons. The van der Waals surface area contributed by atoms with Crippen molar-refractivity contribution in [3.05, 3.63) is 28.2 Å². The third-order valence-electron chi connectivity index (χ3n) is 2.96. The number of rotatable bonds is 2. The third-order valence-corrected chi connectivity index (χ3v) is 4.49. The van der Waals surface area contributed by atoms with Gasteiger partial charge in [0.1, 0.15) is 11.6 Å². The lowest BCUT2D eigenvalue weighted by Gasteiger charge is -2.23. The Morgan fingerprint density at radius 1 is 1.37 bits per heavy atom. The lowest BCUT2D eigenvalue weighted by atomic mass is 10.0. The molecular weight excluding hydrogens is 334 g/mol. The van der Waals surface area contributed by atoms with E-state index in [1.54, 1.807) is 11.8 Å². The molecule has 1 atom stereocenters. The van der Waals surface area contributed by atoms with Gasteiger partial charge in [-0.1, -0.05) is 25.6 Å². The molecule has 1 aromatic rings. The van der Waals surface area contributed by atoms with Crippen LogP contribution in [0, 0.1) is 17.6 Å².